The molecule has 1 heterocycles. The predicted molar refractivity (Wildman–Crippen MR) is 65.8 cm³/mol. The average molecular weight is 278 g/mol. The first kappa shape index (κ1) is 14.0. The van der Waals surface area contributed by atoms with E-state index in [-0.39, 0.29) is 28.7 Å². The van der Waals surface area contributed by atoms with Gasteiger partial charge in [0, 0.05) is 10.6 Å². The smallest absolute Gasteiger partial charge is 0.349 e. The maximum Gasteiger partial charge on any atom is 0.349 e. The van der Waals surface area contributed by atoms with E-state index in [4.69, 9.17) is 9.84 Å². The van der Waals surface area contributed by atoms with E-state index in [1.54, 1.807) is 19.9 Å². The van der Waals surface area contributed by atoms with Crippen molar-refractivity contribution in [3.63, 3.8) is 0 Å². The maximum atomic E-state index is 11.2. The van der Waals surface area contributed by atoms with Crippen molar-refractivity contribution in [3.8, 4) is 5.75 Å². The van der Waals surface area contributed by atoms with Gasteiger partial charge in [0.2, 0.25) is 0 Å². The lowest BCUT2D eigenvalue weighted by molar-refractivity contribution is 0.0698. The molecule has 96 valence electrons. The van der Waals surface area contributed by atoms with Gasteiger partial charge >= 0.3 is 5.97 Å². The Morgan fingerprint density at radius 2 is 2.18 bits per heavy atom. The molecule has 1 aromatic rings. The minimum Gasteiger partial charge on any atom is -0.491 e. The quantitative estimate of drug-likeness (QED) is 0.854. The van der Waals surface area contributed by atoms with Crippen molar-refractivity contribution in [2.75, 3.05) is 18.1 Å². The lowest BCUT2D eigenvalue weighted by Gasteiger charge is -2.05. The van der Waals surface area contributed by atoms with E-state index in [0.717, 1.165) is 16.2 Å². The predicted octanol–water partition coefficient (Wildman–Crippen LogP) is 1.57. The first-order chi connectivity index (χ1) is 7.85. The summed E-state index contributed by atoms with van der Waals surface area (Å²) in [5, 5.41) is 8.90. The lowest BCUT2D eigenvalue weighted by atomic mass is 10.4. The van der Waals surface area contributed by atoms with E-state index in [2.05, 4.69) is 0 Å². The fourth-order valence-corrected chi connectivity index (χ4v) is 2.59. The molecule has 0 atom stereocenters. The van der Waals surface area contributed by atoms with Gasteiger partial charge in [-0.3, -0.25) is 0 Å². The number of aromatic carboxylic acids is 1. The van der Waals surface area contributed by atoms with Crippen LogP contribution in [0.4, 0.5) is 0 Å². The van der Waals surface area contributed by atoms with Crippen LogP contribution in [0.5, 0.6) is 5.75 Å². The molecule has 0 saturated heterocycles. The van der Waals surface area contributed by atoms with Gasteiger partial charge in [-0.2, -0.15) is 0 Å². The van der Waals surface area contributed by atoms with Crippen LogP contribution in [-0.4, -0.2) is 37.6 Å². The molecule has 7 heteroatoms. The molecule has 0 aromatic carbocycles. The van der Waals surface area contributed by atoms with E-state index in [1.807, 2.05) is 0 Å². The number of aryl methyl sites for hydroxylation is 1. The molecule has 0 aliphatic carbocycles. The van der Waals surface area contributed by atoms with Gasteiger partial charge in [-0.15, -0.1) is 11.3 Å². The van der Waals surface area contributed by atoms with Gasteiger partial charge in [0.1, 0.15) is 12.4 Å². The molecule has 0 bridgehead atoms. The van der Waals surface area contributed by atoms with Crippen molar-refractivity contribution < 1.29 is 23.1 Å². The van der Waals surface area contributed by atoms with Crippen LogP contribution in [0.25, 0.3) is 0 Å². The number of carbonyl (C=O) groups is 1. The van der Waals surface area contributed by atoms with Crippen LogP contribution in [0.3, 0.4) is 0 Å². The zero-order valence-corrected chi connectivity index (χ0v) is 11.2. The third kappa shape index (κ3) is 4.01. The summed E-state index contributed by atoms with van der Waals surface area (Å²) < 4.78 is 27.6. The minimum absolute atomic E-state index is 0.0212. The van der Waals surface area contributed by atoms with Gasteiger partial charge in [-0.25, -0.2) is 13.2 Å². The molecule has 0 aliphatic heterocycles. The summed E-state index contributed by atoms with van der Waals surface area (Å²) in [6, 6.07) is 1.60. The van der Waals surface area contributed by atoms with Gasteiger partial charge in [0.25, 0.3) is 0 Å². The topological polar surface area (TPSA) is 80.7 Å². The zero-order valence-electron chi connectivity index (χ0n) is 9.60. The minimum atomic E-state index is -3.08. The van der Waals surface area contributed by atoms with Crippen molar-refractivity contribution in [3.05, 3.63) is 15.8 Å². The Kier molecular flexibility index (Phi) is 4.53. The monoisotopic (exact) mass is 278 g/mol. The van der Waals surface area contributed by atoms with Gasteiger partial charge in [0.05, 0.1) is 5.75 Å². The second-order valence-electron chi connectivity index (χ2n) is 3.44. The Hall–Kier alpha value is -1.08. The SMILES string of the molecule is CCS(=O)(=O)CCOc1cc(C)sc1C(=O)O. The van der Waals surface area contributed by atoms with Gasteiger partial charge in [-0.05, 0) is 13.0 Å². The summed E-state index contributed by atoms with van der Waals surface area (Å²) in [4.78, 5) is 11.8. The van der Waals surface area contributed by atoms with Crippen molar-refractivity contribution in [1.29, 1.82) is 0 Å². The fourth-order valence-electron chi connectivity index (χ4n) is 1.17. The summed E-state index contributed by atoms with van der Waals surface area (Å²) in [5.41, 5.74) is 0. The second kappa shape index (κ2) is 5.50. The Bertz CT molecular complexity index is 501. The second-order valence-corrected chi connectivity index (χ2v) is 7.17. The molecule has 0 radical (unpaired) electrons. The Morgan fingerprint density at radius 1 is 1.53 bits per heavy atom. The van der Waals surface area contributed by atoms with Crippen LogP contribution in [-0.2, 0) is 9.84 Å². The van der Waals surface area contributed by atoms with Crippen LogP contribution in [0.1, 0.15) is 21.5 Å². The average Bonchev–Trinajstić information content (AvgIpc) is 2.60. The van der Waals surface area contributed by atoms with Gasteiger partial charge < -0.3 is 9.84 Å². The molecule has 0 unspecified atom stereocenters. The number of carboxylic acids is 1. The van der Waals surface area contributed by atoms with Gasteiger partial charge in [0.15, 0.2) is 14.7 Å². The number of carboxylic acid groups (broad SMARTS) is 1. The van der Waals surface area contributed by atoms with E-state index in [9.17, 15) is 13.2 Å². The summed E-state index contributed by atoms with van der Waals surface area (Å²) in [6.45, 7) is 3.31. The maximum absolute atomic E-state index is 11.2. The van der Waals surface area contributed by atoms with Crippen molar-refractivity contribution in [2.24, 2.45) is 0 Å². The molecule has 0 spiro atoms. The largest absolute Gasteiger partial charge is 0.491 e. The van der Waals surface area contributed by atoms with Crippen molar-refractivity contribution >= 4 is 27.1 Å². The number of hydrogen-bond donors (Lipinski definition) is 1. The van der Waals surface area contributed by atoms with Crippen molar-refractivity contribution in [1.82, 2.24) is 0 Å². The summed E-state index contributed by atoms with van der Waals surface area (Å²) >= 11 is 1.11. The molecular formula is C10H14O5S2. The molecule has 1 aromatic heterocycles. The number of rotatable bonds is 6. The van der Waals surface area contributed by atoms with Gasteiger partial charge in [-0.1, -0.05) is 6.92 Å². The third-order valence-electron chi connectivity index (χ3n) is 2.11. The van der Waals surface area contributed by atoms with Crippen LogP contribution < -0.4 is 4.74 Å². The Labute approximate surface area is 104 Å². The van der Waals surface area contributed by atoms with Crippen LogP contribution in [0.2, 0.25) is 0 Å². The molecule has 0 saturated carbocycles. The summed E-state index contributed by atoms with van der Waals surface area (Å²) in [5.74, 6) is -0.856. The molecule has 5 nitrogen and oxygen atoms in total. The number of sulfone groups is 1. The fraction of sp³-hybridized carbons (Fsp3) is 0.500. The van der Waals surface area contributed by atoms with E-state index in [0.29, 0.717) is 0 Å². The summed E-state index contributed by atoms with van der Waals surface area (Å²) in [6.07, 6.45) is 0. The zero-order chi connectivity index (χ0) is 13.1. The highest BCUT2D eigenvalue weighted by Gasteiger charge is 2.16. The third-order valence-corrected chi connectivity index (χ3v) is 4.80. The Morgan fingerprint density at radius 3 is 2.71 bits per heavy atom. The number of thiophene rings is 1. The number of ether oxygens (including phenoxy) is 1. The summed E-state index contributed by atoms with van der Waals surface area (Å²) in [7, 11) is -3.08. The normalized spacial score (nSPS) is 11.4. The van der Waals surface area contributed by atoms with Crippen LogP contribution in [0.15, 0.2) is 6.07 Å². The van der Waals surface area contributed by atoms with E-state index < -0.39 is 15.8 Å². The molecule has 17 heavy (non-hydrogen) atoms. The van der Waals surface area contributed by atoms with Crippen molar-refractivity contribution in [2.45, 2.75) is 13.8 Å². The first-order valence-electron chi connectivity index (χ1n) is 5.02. The highest BCUT2D eigenvalue weighted by Crippen LogP contribution is 2.28. The molecule has 0 aliphatic rings. The molecular weight excluding hydrogens is 264 g/mol. The molecule has 1 rings (SSSR count). The molecule has 1 N–H and O–H groups in total. The highest BCUT2D eigenvalue weighted by atomic mass is 32.2. The lowest BCUT2D eigenvalue weighted by Crippen LogP contribution is -2.16. The van der Waals surface area contributed by atoms with E-state index in [1.165, 1.54) is 0 Å². The standard InChI is InChI=1S/C10H14O5S2/c1-3-17(13,14)5-4-15-8-6-7(2)16-9(8)10(11)12/h6H,3-5H2,1-2H3,(H,11,12). The first-order valence-corrected chi connectivity index (χ1v) is 7.66. The Balaban J connectivity index is 2.67. The number of hydrogen-bond acceptors (Lipinski definition) is 5. The van der Waals surface area contributed by atoms with Crippen LogP contribution in [0, 0.1) is 6.92 Å². The van der Waals surface area contributed by atoms with Crippen LogP contribution >= 0.6 is 11.3 Å². The van der Waals surface area contributed by atoms with E-state index >= 15 is 0 Å². The molecule has 0 amide bonds. The molecule has 0 fully saturated rings. The highest BCUT2D eigenvalue weighted by molar-refractivity contribution is 7.91.